The van der Waals surface area contributed by atoms with Gasteiger partial charge in [-0.15, -0.1) is 0 Å². The Labute approximate surface area is 127 Å². The molecule has 0 bridgehead atoms. The lowest BCUT2D eigenvalue weighted by atomic mass is 10.2. The van der Waals surface area contributed by atoms with Crippen molar-refractivity contribution in [2.45, 2.75) is 6.92 Å². The predicted molar refractivity (Wildman–Crippen MR) is 83.6 cm³/mol. The fourth-order valence-corrected chi connectivity index (χ4v) is 2.24. The lowest BCUT2D eigenvalue weighted by molar-refractivity contribution is 0.482. The second-order valence-electron chi connectivity index (χ2n) is 4.04. The number of benzene rings is 2. The summed E-state index contributed by atoms with van der Waals surface area (Å²) in [5, 5.41) is 0.994. The van der Waals surface area contributed by atoms with E-state index >= 15 is 0 Å². The third-order valence-electron chi connectivity index (χ3n) is 2.52. The van der Waals surface area contributed by atoms with Crippen molar-refractivity contribution in [1.29, 1.82) is 0 Å². The summed E-state index contributed by atoms with van der Waals surface area (Å²) in [6.45, 7) is 1.96. The van der Waals surface area contributed by atoms with Gasteiger partial charge in [-0.1, -0.05) is 41.5 Å². The third-order valence-corrected chi connectivity index (χ3v) is 3.37. The van der Waals surface area contributed by atoms with Crippen LogP contribution in [0.1, 0.15) is 11.1 Å². The maximum atomic E-state index is 6.08. The molecule has 0 atom stereocenters. The van der Waals surface area contributed by atoms with Crippen LogP contribution in [0.2, 0.25) is 10.0 Å². The van der Waals surface area contributed by atoms with Crippen LogP contribution in [-0.4, -0.2) is 4.99 Å². The Morgan fingerprint density at radius 3 is 2.47 bits per heavy atom. The number of rotatable bonds is 3. The first-order valence-corrected chi connectivity index (χ1v) is 6.67. The molecule has 0 spiro atoms. The summed E-state index contributed by atoms with van der Waals surface area (Å²) < 4.78 is 5.71. The molecule has 0 aliphatic carbocycles. The fraction of sp³-hybridized carbons (Fsp3) is 0.0714. The molecular weight excluding hydrogens is 301 g/mol. The van der Waals surface area contributed by atoms with Gasteiger partial charge in [-0.3, -0.25) is 0 Å². The molecule has 0 heterocycles. The molecule has 0 unspecified atom stereocenters. The van der Waals surface area contributed by atoms with Crippen molar-refractivity contribution in [3.63, 3.8) is 0 Å². The minimum atomic E-state index is 0.255. The lowest BCUT2D eigenvalue weighted by Gasteiger charge is -2.10. The van der Waals surface area contributed by atoms with Crippen molar-refractivity contribution >= 4 is 40.4 Å². The molecule has 2 N–H and O–H groups in total. The van der Waals surface area contributed by atoms with Crippen molar-refractivity contribution in [2.24, 2.45) is 5.73 Å². The Bertz CT molecular complexity index is 643. The van der Waals surface area contributed by atoms with Crippen LogP contribution < -0.4 is 10.5 Å². The van der Waals surface area contributed by atoms with E-state index in [1.807, 2.05) is 19.1 Å². The van der Waals surface area contributed by atoms with E-state index in [1.54, 1.807) is 24.3 Å². The minimum absolute atomic E-state index is 0.255. The van der Waals surface area contributed by atoms with Crippen LogP contribution in [0.15, 0.2) is 36.4 Å². The number of nitrogens with two attached hydrogens (primary N) is 1. The van der Waals surface area contributed by atoms with Gasteiger partial charge in [0.15, 0.2) is 0 Å². The topological polar surface area (TPSA) is 35.2 Å². The molecule has 5 heteroatoms. The van der Waals surface area contributed by atoms with Crippen molar-refractivity contribution < 1.29 is 4.74 Å². The van der Waals surface area contributed by atoms with Crippen LogP contribution in [-0.2, 0) is 0 Å². The third kappa shape index (κ3) is 3.38. The van der Waals surface area contributed by atoms with Crippen LogP contribution in [0, 0.1) is 6.92 Å². The molecule has 2 rings (SSSR count). The maximum absolute atomic E-state index is 6.08. The van der Waals surface area contributed by atoms with Crippen molar-refractivity contribution in [1.82, 2.24) is 0 Å². The van der Waals surface area contributed by atoms with E-state index in [4.69, 9.17) is 45.9 Å². The van der Waals surface area contributed by atoms with E-state index in [0.717, 1.165) is 5.56 Å². The average Bonchev–Trinajstić information content (AvgIpc) is 2.33. The van der Waals surface area contributed by atoms with Crippen LogP contribution in [0.25, 0.3) is 0 Å². The largest absolute Gasteiger partial charge is 0.456 e. The zero-order chi connectivity index (χ0) is 14.0. The second-order valence-corrected chi connectivity index (χ2v) is 5.30. The Morgan fingerprint density at radius 2 is 1.84 bits per heavy atom. The molecule has 0 radical (unpaired) electrons. The number of hydrogen-bond donors (Lipinski definition) is 1. The highest BCUT2D eigenvalue weighted by atomic mass is 35.5. The molecule has 19 heavy (non-hydrogen) atoms. The summed E-state index contributed by atoms with van der Waals surface area (Å²) in [6, 6.07) is 10.7. The zero-order valence-electron chi connectivity index (χ0n) is 10.1. The van der Waals surface area contributed by atoms with Gasteiger partial charge in [0, 0.05) is 11.6 Å². The number of ether oxygens (including phenoxy) is 1. The maximum Gasteiger partial charge on any atom is 0.146 e. The Hall–Kier alpha value is -1.29. The van der Waals surface area contributed by atoms with Gasteiger partial charge in [-0.25, -0.2) is 0 Å². The molecule has 0 saturated heterocycles. The molecule has 0 amide bonds. The molecule has 98 valence electrons. The highest BCUT2D eigenvalue weighted by molar-refractivity contribution is 7.80. The quantitative estimate of drug-likeness (QED) is 0.832. The molecule has 0 fully saturated rings. The Morgan fingerprint density at radius 1 is 1.11 bits per heavy atom. The number of halogens is 2. The van der Waals surface area contributed by atoms with Crippen LogP contribution >= 0.6 is 35.4 Å². The first-order chi connectivity index (χ1) is 8.97. The lowest BCUT2D eigenvalue weighted by Crippen LogP contribution is -2.09. The van der Waals surface area contributed by atoms with Gasteiger partial charge in [0.05, 0.1) is 10.0 Å². The van der Waals surface area contributed by atoms with E-state index in [9.17, 15) is 0 Å². The van der Waals surface area contributed by atoms with Gasteiger partial charge in [0.2, 0.25) is 0 Å². The summed E-state index contributed by atoms with van der Waals surface area (Å²) in [7, 11) is 0. The standard InChI is InChI=1S/C14H11Cl2NOS/c1-8-2-5-11(15)13(6-8)18-9-3-4-10(14(17)19)12(16)7-9/h2-7H,1H3,(H2,17,19). The molecule has 2 nitrogen and oxygen atoms in total. The average molecular weight is 312 g/mol. The van der Waals surface area contributed by atoms with Crippen molar-refractivity contribution in [3.05, 3.63) is 57.6 Å². The molecule has 2 aromatic carbocycles. The van der Waals surface area contributed by atoms with Gasteiger partial charge in [0.25, 0.3) is 0 Å². The molecular formula is C14H11Cl2NOS. The number of aryl methyl sites for hydroxylation is 1. The summed E-state index contributed by atoms with van der Waals surface area (Å²) in [5.41, 5.74) is 7.23. The van der Waals surface area contributed by atoms with Crippen LogP contribution in [0.3, 0.4) is 0 Å². The first kappa shape index (κ1) is 14.1. The minimum Gasteiger partial charge on any atom is -0.456 e. The first-order valence-electron chi connectivity index (χ1n) is 5.51. The van der Waals surface area contributed by atoms with Gasteiger partial charge in [0.1, 0.15) is 16.5 Å². The SMILES string of the molecule is Cc1ccc(Cl)c(Oc2ccc(C(N)=S)c(Cl)c2)c1. The summed E-state index contributed by atoms with van der Waals surface area (Å²) in [4.78, 5) is 0.255. The highest BCUT2D eigenvalue weighted by Gasteiger charge is 2.07. The Kier molecular flexibility index (Phi) is 4.30. The fourth-order valence-electron chi connectivity index (χ4n) is 1.57. The zero-order valence-corrected chi connectivity index (χ0v) is 12.4. The van der Waals surface area contributed by atoms with E-state index in [-0.39, 0.29) is 4.99 Å². The smallest absolute Gasteiger partial charge is 0.146 e. The van der Waals surface area contributed by atoms with E-state index in [1.165, 1.54) is 0 Å². The van der Waals surface area contributed by atoms with Crippen LogP contribution in [0.5, 0.6) is 11.5 Å². The van der Waals surface area contributed by atoms with Gasteiger partial charge >= 0.3 is 0 Å². The van der Waals surface area contributed by atoms with Crippen molar-refractivity contribution in [2.75, 3.05) is 0 Å². The monoisotopic (exact) mass is 311 g/mol. The predicted octanol–water partition coefficient (Wildman–Crippen LogP) is 4.73. The van der Waals surface area contributed by atoms with Crippen molar-refractivity contribution in [3.8, 4) is 11.5 Å². The molecule has 0 saturated carbocycles. The summed E-state index contributed by atoms with van der Waals surface area (Å²) in [5.74, 6) is 1.17. The Balaban J connectivity index is 2.31. The van der Waals surface area contributed by atoms with E-state index in [2.05, 4.69) is 0 Å². The van der Waals surface area contributed by atoms with E-state index in [0.29, 0.717) is 27.1 Å². The highest BCUT2D eigenvalue weighted by Crippen LogP contribution is 2.32. The normalized spacial score (nSPS) is 10.3. The van der Waals surface area contributed by atoms with Gasteiger partial charge in [-0.2, -0.15) is 0 Å². The van der Waals surface area contributed by atoms with E-state index < -0.39 is 0 Å². The summed E-state index contributed by atoms with van der Waals surface area (Å²) >= 11 is 17.0. The second kappa shape index (κ2) is 5.78. The molecule has 0 aromatic heterocycles. The van der Waals surface area contributed by atoms with Crippen LogP contribution in [0.4, 0.5) is 0 Å². The number of thiocarbonyl (C=S) groups is 1. The molecule has 2 aromatic rings. The summed E-state index contributed by atoms with van der Waals surface area (Å²) in [6.07, 6.45) is 0. The van der Waals surface area contributed by atoms with Gasteiger partial charge < -0.3 is 10.5 Å². The van der Waals surface area contributed by atoms with Gasteiger partial charge in [-0.05, 0) is 36.8 Å². The molecule has 0 aliphatic rings. The molecule has 0 aliphatic heterocycles. The number of hydrogen-bond acceptors (Lipinski definition) is 2.